The minimum atomic E-state index is -0.894. The van der Waals surface area contributed by atoms with Gasteiger partial charge in [0.1, 0.15) is 12.8 Å². The summed E-state index contributed by atoms with van der Waals surface area (Å²) in [5, 5.41) is 7.45. The van der Waals surface area contributed by atoms with Crippen molar-refractivity contribution in [1.29, 1.82) is 0 Å². The highest BCUT2D eigenvalue weighted by Gasteiger charge is 2.24. The Morgan fingerprint density at radius 3 is 2.77 bits per heavy atom. The number of ether oxygens (including phenoxy) is 1. The maximum atomic E-state index is 13.0. The molecule has 1 aromatic rings. The van der Waals surface area contributed by atoms with E-state index in [9.17, 15) is 4.39 Å². The van der Waals surface area contributed by atoms with Crippen LogP contribution >= 0.6 is 0 Å². The lowest BCUT2D eigenvalue weighted by molar-refractivity contribution is 0.0722. The summed E-state index contributed by atoms with van der Waals surface area (Å²) < 4.78 is 18.2. The van der Waals surface area contributed by atoms with E-state index in [-0.39, 0.29) is 6.10 Å². The van der Waals surface area contributed by atoms with Crippen molar-refractivity contribution in [3.8, 4) is 0 Å². The number of hydrogen-bond acceptors (Lipinski definition) is 5. The molecule has 0 saturated heterocycles. The largest absolute Gasteiger partial charge is 0.390 e. The molecule has 0 radical (unpaired) electrons. The van der Waals surface area contributed by atoms with Gasteiger partial charge in [-0.15, -0.1) is 0 Å². The van der Waals surface area contributed by atoms with Crippen LogP contribution in [0.2, 0.25) is 0 Å². The maximum absolute atomic E-state index is 13.0. The predicted molar refractivity (Wildman–Crippen MR) is 80.2 cm³/mol. The van der Waals surface area contributed by atoms with Gasteiger partial charge in [0, 0.05) is 25.0 Å². The quantitative estimate of drug-likeness (QED) is 0.475. The van der Waals surface area contributed by atoms with Gasteiger partial charge in [0.2, 0.25) is 0 Å². The molecular weight excluding hydrogens is 289 g/mol. The number of benzene rings is 1. The minimum Gasteiger partial charge on any atom is -0.390 e. The van der Waals surface area contributed by atoms with Crippen LogP contribution in [0.15, 0.2) is 34.5 Å². The Hall–Kier alpha value is -2.15. The van der Waals surface area contributed by atoms with Crippen molar-refractivity contribution >= 4 is 5.71 Å². The molecule has 0 saturated carbocycles. The van der Waals surface area contributed by atoms with Crippen molar-refractivity contribution < 1.29 is 14.0 Å². The zero-order valence-electron chi connectivity index (χ0n) is 12.2. The molecule has 1 aliphatic rings. The smallest absolute Gasteiger partial charge is 0.145 e. The van der Waals surface area contributed by atoms with Crippen molar-refractivity contribution in [1.82, 2.24) is 0 Å². The van der Waals surface area contributed by atoms with Gasteiger partial charge in [0.25, 0.3) is 0 Å². The van der Waals surface area contributed by atoms with E-state index in [0.29, 0.717) is 13.0 Å². The van der Waals surface area contributed by atoms with Crippen LogP contribution in [0.4, 0.5) is 4.39 Å². The molecule has 2 N–H and O–H groups in total. The molecule has 0 amide bonds. The first-order chi connectivity index (χ1) is 10.7. The number of hydrogen-bond donors (Lipinski definition) is 1. The number of rotatable bonds is 7. The molecule has 118 valence electrons. The third-order valence-electron chi connectivity index (χ3n) is 3.53. The van der Waals surface area contributed by atoms with Gasteiger partial charge in [-0.2, -0.15) is 0 Å². The fourth-order valence-electron chi connectivity index (χ4n) is 2.34. The van der Waals surface area contributed by atoms with E-state index in [4.69, 9.17) is 20.8 Å². The first-order valence-electron chi connectivity index (χ1n) is 6.89. The molecule has 0 bridgehead atoms. The Labute approximate surface area is 127 Å². The lowest BCUT2D eigenvalue weighted by atomic mass is 9.99. The molecule has 1 heterocycles. The maximum Gasteiger partial charge on any atom is 0.145 e. The highest BCUT2D eigenvalue weighted by atomic mass is 19.1. The molecule has 1 aromatic carbocycles. The van der Waals surface area contributed by atoms with Crippen molar-refractivity contribution in [2.45, 2.75) is 24.7 Å². The van der Waals surface area contributed by atoms with Crippen LogP contribution in [-0.4, -0.2) is 38.2 Å². The second-order valence-electron chi connectivity index (χ2n) is 4.91. The molecule has 3 atom stereocenters. The number of halogens is 1. The molecule has 8 heteroatoms. The number of azide groups is 1. The molecular formula is C14H18FN5O2. The summed E-state index contributed by atoms with van der Waals surface area (Å²) in [6, 6.07) is 6.42. The lowest BCUT2D eigenvalue weighted by Crippen LogP contribution is -2.21. The van der Waals surface area contributed by atoms with E-state index in [2.05, 4.69) is 15.2 Å². The average molecular weight is 307 g/mol. The topological polar surface area (TPSA) is 106 Å². The first-order valence-corrected chi connectivity index (χ1v) is 6.89. The van der Waals surface area contributed by atoms with E-state index in [1.807, 2.05) is 12.1 Å². The molecule has 2 rings (SSSR count). The highest BCUT2D eigenvalue weighted by molar-refractivity contribution is 6.01. The van der Waals surface area contributed by atoms with Gasteiger partial charge in [-0.3, -0.25) is 4.39 Å². The summed E-state index contributed by atoms with van der Waals surface area (Å²) in [4.78, 5) is 7.85. The average Bonchev–Trinajstić information content (AvgIpc) is 3.04. The lowest BCUT2D eigenvalue weighted by Gasteiger charge is -2.20. The SMILES string of the molecule is CO[C@H](c1ccc(C2=NO[C@@H](CN)C2)cc1)[C@@H](CF)N=[N+]=[N-]. The van der Waals surface area contributed by atoms with Gasteiger partial charge >= 0.3 is 0 Å². The number of nitrogens with zero attached hydrogens (tertiary/aromatic N) is 4. The van der Waals surface area contributed by atoms with E-state index < -0.39 is 18.8 Å². The van der Waals surface area contributed by atoms with Crippen LogP contribution in [0.25, 0.3) is 10.4 Å². The van der Waals surface area contributed by atoms with Crippen LogP contribution in [-0.2, 0) is 9.57 Å². The fourth-order valence-corrected chi connectivity index (χ4v) is 2.34. The highest BCUT2D eigenvalue weighted by Crippen LogP contribution is 2.25. The Morgan fingerprint density at radius 1 is 1.55 bits per heavy atom. The minimum absolute atomic E-state index is 0.0812. The van der Waals surface area contributed by atoms with Crippen molar-refractivity contribution in [3.05, 3.63) is 45.8 Å². The monoisotopic (exact) mass is 307 g/mol. The van der Waals surface area contributed by atoms with Gasteiger partial charge < -0.3 is 15.3 Å². The molecule has 0 spiro atoms. The summed E-state index contributed by atoms with van der Waals surface area (Å²) in [6.07, 6.45) is -0.0501. The third kappa shape index (κ3) is 3.54. The molecule has 22 heavy (non-hydrogen) atoms. The summed E-state index contributed by atoms with van der Waals surface area (Å²) in [5.74, 6) is 0. The molecule has 7 nitrogen and oxygen atoms in total. The van der Waals surface area contributed by atoms with E-state index in [0.717, 1.165) is 16.8 Å². The van der Waals surface area contributed by atoms with E-state index >= 15 is 0 Å². The summed E-state index contributed by atoms with van der Waals surface area (Å²) in [6.45, 7) is -0.371. The van der Waals surface area contributed by atoms with Crippen molar-refractivity contribution in [2.75, 3.05) is 20.3 Å². The molecule has 0 aliphatic carbocycles. The zero-order valence-corrected chi connectivity index (χ0v) is 12.2. The van der Waals surface area contributed by atoms with Gasteiger partial charge in [0.05, 0.1) is 17.9 Å². The Bertz CT molecular complexity index is 571. The Balaban J connectivity index is 2.15. The normalized spacial score (nSPS) is 19.8. The summed E-state index contributed by atoms with van der Waals surface area (Å²) >= 11 is 0. The van der Waals surface area contributed by atoms with E-state index in [1.54, 1.807) is 12.1 Å². The zero-order chi connectivity index (χ0) is 15.9. The van der Waals surface area contributed by atoms with Gasteiger partial charge in [-0.25, -0.2) is 0 Å². The van der Waals surface area contributed by atoms with Gasteiger partial charge in [0.15, 0.2) is 0 Å². The summed E-state index contributed by atoms with van der Waals surface area (Å²) in [7, 11) is 1.45. The van der Waals surface area contributed by atoms with Crippen LogP contribution in [0, 0.1) is 0 Å². The molecule has 1 aliphatic heterocycles. The standard InChI is InChI=1S/C14H18FN5O2/c1-21-14(13(7-15)18-20-17)10-4-2-9(3-5-10)12-6-11(8-16)22-19-12/h2-5,11,13-14H,6-8,16H2,1H3/t11-,13-,14-/m1/s1. The molecule has 0 unspecified atom stereocenters. The Kier molecular flexibility index (Phi) is 5.71. The van der Waals surface area contributed by atoms with Gasteiger partial charge in [-0.1, -0.05) is 34.5 Å². The number of methoxy groups -OCH3 is 1. The third-order valence-corrected chi connectivity index (χ3v) is 3.53. The Morgan fingerprint density at radius 2 is 2.27 bits per heavy atom. The van der Waals surface area contributed by atoms with Crippen molar-refractivity contribution in [2.24, 2.45) is 16.0 Å². The second-order valence-corrected chi connectivity index (χ2v) is 4.91. The fraction of sp³-hybridized carbons (Fsp3) is 0.500. The number of oxime groups is 1. The molecule has 0 aromatic heterocycles. The van der Waals surface area contributed by atoms with Crippen LogP contribution < -0.4 is 5.73 Å². The van der Waals surface area contributed by atoms with Crippen LogP contribution in [0.1, 0.15) is 23.7 Å². The first kappa shape index (κ1) is 16.2. The molecule has 0 fully saturated rings. The number of alkyl halides is 1. The summed E-state index contributed by atoms with van der Waals surface area (Å²) in [5.41, 5.74) is 16.5. The second kappa shape index (κ2) is 7.74. The number of nitrogens with two attached hydrogens (primary N) is 1. The van der Waals surface area contributed by atoms with Crippen molar-refractivity contribution in [3.63, 3.8) is 0 Å². The van der Waals surface area contributed by atoms with Gasteiger partial charge in [-0.05, 0) is 16.7 Å². The van der Waals surface area contributed by atoms with Crippen LogP contribution in [0.5, 0.6) is 0 Å². The predicted octanol–water partition coefficient (Wildman–Crippen LogP) is 2.47. The van der Waals surface area contributed by atoms with E-state index in [1.165, 1.54) is 7.11 Å². The van der Waals surface area contributed by atoms with Crippen LogP contribution in [0.3, 0.4) is 0 Å².